The van der Waals surface area contributed by atoms with Gasteiger partial charge < -0.3 is 4.98 Å². The summed E-state index contributed by atoms with van der Waals surface area (Å²) in [5, 5.41) is 0.831. The molecule has 2 aromatic rings. The first-order valence-corrected chi connectivity index (χ1v) is 4.56. The second kappa shape index (κ2) is 3.21. The van der Waals surface area contributed by atoms with E-state index < -0.39 is 0 Å². The molecular weight excluding hydrogens is 178 g/mol. The van der Waals surface area contributed by atoms with Crippen molar-refractivity contribution >= 4 is 17.3 Å². The number of carbonyl (C=O) groups is 1. The fraction of sp³-hybridized carbons (Fsp3) is 0.300. The van der Waals surface area contributed by atoms with Gasteiger partial charge in [-0.3, -0.25) is 4.79 Å². The van der Waals surface area contributed by atoms with Crippen LogP contribution in [0.25, 0.3) is 11.0 Å². The minimum absolute atomic E-state index is 0.625. The molecule has 2 rings (SSSR count). The predicted octanol–water partition coefficient (Wildman–Crippen LogP) is 1.64. The number of aryl methyl sites for hydroxylation is 2. The topological polar surface area (TPSA) is 58.6 Å². The van der Waals surface area contributed by atoms with Gasteiger partial charge in [-0.2, -0.15) is 0 Å². The number of hydrogen-bond acceptors (Lipinski definition) is 3. The Balaban J connectivity index is 2.78. The van der Waals surface area contributed by atoms with Gasteiger partial charge >= 0.3 is 0 Å². The van der Waals surface area contributed by atoms with Crippen molar-refractivity contribution in [2.24, 2.45) is 0 Å². The summed E-state index contributed by atoms with van der Waals surface area (Å²) in [6.45, 7) is 3.90. The number of aromatic amines is 1. The van der Waals surface area contributed by atoms with Gasteiger partial charge in [0.2, 0.25) is 0 Å². The molecule has 14 heavy (non-hydrogen) atoms. The first kappa shape index (κ1) is 8.87. The number of aromatic nitrogens is 3. The fourth-order valence-electron chi connectivity index (χ4n) is 1.55. The smallest absolute Gasteiger partial charge is 0.152 e. The molecule has 4 heteroatoms. The molecule has 2 aromatic heterocycles. The Morgan fingerprint density at radius 1 is 1.50 bits per heavy atom. The van der Waals surface area contributed by atoms with Gasteiger partial charge in [-0.15, -0.1) is 0 Å². The Morgan fingerprint density at radius 2 is 2.29 bits per heavy atom. The number of H-pyrrole nitrogens is 1. The Labute approximate surface area is 81.4 Å². The zero-order valence-corrected chi connectivity index (χ0v) is 8.16. The van der Waals surface area contributed by atoms with Crippen LogP contribution < -0.4 is 0 Å². The van der Waals surface area contributed by atoms with E-state index in [-0.39, 0.29) is 0 Å². The predicted molar refractivity (Wildman–Crippen MR) is 53.4 cm³/mol. The second-order valence-corrected chi connectivity index (χ2v) is 3.16. The van der Waals surface area contributed by atoms with Crippen molar-refractivity contribution in [1.29, 1.82) is 0 Å². The number of nitrogens with one attached hydrogen (secondary N) is 1. The molecule has 0 aliphatic carbocycles. The lowest BCUT2D eigenvalue weighted by Crippen LogP contribution is -1.96. The SMILES string of the molecule is CCc1nc(C)c2c(C=O)c[nH]c2n1. The quantitative estimate of drug-likeness (QED) is 0.730. The maximum atomic E-state index is 10.7. The summed E-state index contributed by atoms with van der Waals surface area (Å²) in [5.74, 6) is 0.800. The fourth-order valence-corrected chi connectivity index (χ4v) is 1.55. The van der Waals surface area contributed by atoms with Crippen molar-refractivity contribution in [3.8, 4) is 0 Å². The number of fused-ring (bicyclic) bond motifs is 1. The highest BCUT2D eigenvalue weighted by molar-refractivity contribution is 5.96. The first-order valence-electron chi connectivity index (χ1n) is 4.56. The van der Waals surface area contributed by atoms with Crippen LogP contribution in [0.3, 0.4) is 0 Å². The molecule has 1 N–H and O–H groups in total. The minimum atomic E-state index is 0.625. The van der Waals surface area contributed by atoms with Crippen LogP contribution in [-0.4, -0.2) is 21.2 Å². The van der Waals surface area contributed by atoms with E-state index in [9.17, 15) is 4.79 Å². The molecule has 0 saturated carbocycles. The molecule has 0 unspecified atom stereocenters. The largest absolute Gasteiger partial charge is 0.345 e. The van der Waals surface area contributed by atoms with Crippen LogP contribution in [0, 0.1) is 6.92 Å². The van der Waals surface area contributed by atoms with E-state index >= 15 is 0 Å². The highest BCUT2D eigenvalue weighted by Gasteiger charge is 2.09. The molecule has 2 heterocycles. The van der Waals surface area contributed by atoms with E-state index in [1.165, 1.54) is 0 Å². The van der Waals surface area contributed by atoms with Crippen molar-refractivity contribution in [3.05, 3.63) is 23.3 Å². The lowest BCUT2D eigenvalue weighted by Gasteiger charge is -1.99. The summed E-state index contributed by atoms with van der Waals surface area (Å²) in [5.41, 5.74) is 2.23. The summed E-state index contributed by atoms with van der Waals surface area (Å²) in [6, 6.07) is 0. The Kier molecular flexibility index (Phi) is 2.04. The third kappa shape index (κ3) is 1.19. The number of hydrogen-bond donors (Lipinski definition) is 1. The normalized spacial score (nSPS) is 10.7. The molecule has 0 fully saturated rings. The van der Waals surface area contributed by atoms with E-state index in [2.05, 4.69) is 15.0 Å². The van der Waals surface area contributed by atoms with E-state index in [1.807, 2.05) is 13.8 Å². The van der Waals surface area contributed by atoms with Gasteiger partial charge in [-0.25, -0.2) is 9.97 Å². The van der Waals surface area contributed by atoms with Gasteiger partial charge in [-0.1, -0.05) is 6.92 Å². The summed E-state index contributed by atoms with van der Waals surface area (Å²) in [7, 11) is 0. The van der Waals surface area contributed by atoms with E-state index in [4.69, 9.17) is 0 Å². The number of aldehydes is 1. The molecule has 0 spiro atoms. The zero-order chi connectivity index (χ0) is 10.1. The molecule has 0 aliphatic heterocycles. The van der Waals surface area contributed by atoms with E-state index in [1.54, 1.807) is 6.20 Å². The lowest BCUT2D eigenvalue weighted by molar-refractivity contribution is 0.112. The monoisotopic (exact) mass is 189 g/mol. The standard InChI is InChI=1S/C10H11N3O/c1-3-8-12-6(2)9-7(5-14)4-11-10(9)13-8/h4-5H,3H2,1-2H3,(H,11,12,13). The summed E-state index contributed by atoms with van der Waals surface area (Å²) < 4.78 is 0. The maximum Gasteiger partial charge on any atom is 0.152 e. The molecule has 0 radical (unpaired) electrons. The molecule has 0 aliphatic rings. The molecule has 4 nitrogen and oxygen atoms in total. The van der Waals surface area contributed by atoms with E-state index in [0.29, 0.717) is 5.56 Å². The molecule has 72 valence electrons. The van der Waals surface area contributed by atoms with Gasteiger partial charge in [0.1, 0.15) is 11.5 Å². The van der Waals surface area contributed by atoms with Crippen LogP contribution in [0.4, 0.5) is 0 Å². The Hall–Kier alpha value is -1.71. The Bertz CT molecular complexity index is 487. The van der Waals surface area contributed by atoms with Gasteiger partial charge in [0.05, 0.1) is 11.1 Å². The van der Waals surface area contributed by atoms with Crippen molar-refractivity contribution < 1.29 is 4.79 Å². The first-order chi connectivity index (χ1) is 6.76. The third-order valence-corrected chi connectivity index (χ3v) is 2.23. The van der Waals surface area contributed by atoms with E-state index in [0.717, 1.165) is 35.3 Å². The van der Waals surface area contributed by atoms with Crippen LogP contribution in [0.2, 0.25) is 0 Å². The van der Waals surface area contributed by atoms with Crippen LogP contribution in [0.5, 0.6) is 0 Å². The molecule has 0 aromatic carbocycles. The maximum absolute atomic E-state index is 10.7. The highest BCUT2D eigenvalue weighted by atomic mass is 16.1. The minimum Gasteiger partial charge on any atom is -0.345 e. The summed E-state index contributed by atoms with van der Waals surface area (Å²) in [6.07, 6.45) is 3.28. The van der Waals surface area contributed by atoms with Crippen molar-refractivity contribution in [2.75, 3.05) is 0 Å². The highest BCUT2D eigenvalue weighted by Crippen LogP contribution is 2.17. The molecule has 0 amide bonds. The molecule has 0 bridgehead atoms. The third-order valence-electron chi connectivity index (χ3n) is 2.23. The van der Waals surface area contributed by atoms with Gasteiger partial charge in [0.15, 0.2) is 6.29 Å². The van der Waals surface area contributed by atoms with Crippen LogP contribution in [0.1, 0.15) is 28.8 Å². The van der Waals surface area contributed by atoms with Gasteiger partial charge in [-0.05, 0) is 6.92 Å². The molecular formula is C10H11N3O. The van der Waals surface area contributed by atoms with Gasteiger partial charge in [0.25, 0.3) is 0 Å². The van der Waals surface area contributed by atoms with Crippen molar-refractivity contribution in [1.82, 2.24) is 15.0 Å². The lowest BCUT2D eigenvalue weighted by atomic mass is 10.2. The zero-order valence-electron chi connectivity index (χ0n) is 8.16. The summed E-state index contributed by atoms with van der Waals surface area (Å²) in [4.78, 5) is 22.3. The van der Waals surface area contributed by atoms with Crippen LogP contribution in [-0.2, 0) is 6.42 Å². The average Bonchev–Trinajstić information content (AvgIpc) is 2.61. The molecule has 0 saturated heterocycles. The number of rotatable bonds is 2. The van der Waals surface area contributed by atoms with Crippen molar-refractivity contribution in [2.45, 2.75) is 20.3 Å². The van der Waals surface area contributed by atoms with Crippen molar-refractivity contribution in [3.63, 3.8) is 0 Å². The van der Waals surface area contributed by atoms with Gasteiger partial charge in [0, 0.05) is 18.2 Å². The van der Waals surface area contributed by atoms with Crippen LogP contribution in [0.15, 0.2) is 6.20 Å². The number of carbonyl (C=O) groups excluding carboxylic acids is 1. The Morgan fingerprint density at radius 3 is 2.93 bits per heavy atom. The average molecular weight is 189 g/mol. The summed E-state index contributed by atoms with van der Waals surface area (Å²) >= 11 is 0. The second-order valence-electron chi connectivity index (χ2n) is 3.16. The molecule has 0 atom stereocenters. The number of nitrogens with zero attached hydrogens (tertiary/aromatic N) is 2. The van der Waals surface area contributed by atoms with Crippen LogP contribution >= 0.6 is 0 Å².